The highest BCUT2D eigenvalue weighted by Gasteiger charge is 2.30. The molecule has 0 aromatic heterocycles. The molecule has 2 unspecified atom stereocenters. The Hall–Kier alpha value is -2.86. The Labute approximate surface area is 167 Å². The average molecular weight is 363 g/mol. The fourth-order valence-corrected chi connectivity index (χ4v) is 5.10. The Morgan fingerprint density at radius 2 is 1.43 bits per heavy atom. The van der Waals surface area contributed by atoms with Crippen molar-refractivity contribution >= 4 is 10.8 Å². The molecule has 0 radical (unpaired) electrons. The van der Waals surface area contributed by atoms with Crippen molar-refractivity contribution in [3.8, 4) is 0 Å². The van der Waals surface area contributed by atoms with Gasteiger partial charge >= 0.3 is 0 Å². The molecule has 138 valence electrons. The first-order valence-corrected chi connectivity index (χ1v) is 10.5. The van der Waals surface area contributed by atoms with Crippen molar-refractivity contribution in [2.45, 2.75) is 31.6 Å². The third-order valence-corrected chi connectivity index (χ3v) is 6.47. The summed E-state index contributed by atoms with van der Waals surface area (Å²) in [6.07, 6.45) is 4.88. The average Bonchev–Trinajstić information content (AvgIpc) is 2.78. The smallest absolute Gasteiger partial charge is 0.0121 e. The van der Waals surface area contributed by atoms with Crippen molar-refractivity contribution in [3.05, 3.63) is 119 Å². The van der Waals surface area contributed by atoms with E-state index in [-0.39, 0.29) is 0 Å². The molecule has 0 heterocycles. The van der Waals surface area contributed by atoms with E-state index in [2.05, 4.69) is 97.1 Å². The van der Waals surface area contributed by atoms with Gasteiger partial charge in [0.05, 0.1) is 0 Å². The molecule has 1 aliphatic carbocycles. The molecule has 1 aliphatic rings. The molecule has 0 fully saturated rings. The molecule has 4 aromatic carbocycles. The van der Waals surface area contributed by atoms with Crippen LogP contribution in [0.1, 0.15) is 41.0 Å². The lowest BCUT2D eigenvalue weighted by Gasteiger charge is -2.34. The van der Waals surface area contributed by atoms with Gasteiger partial charge in [-0.2, -0.15) is 0 Å². The summed E-state index contributed by atoms with van der Waals surface area (Å²) in [5.41, 5.74) is 6.04. The van der Waals surface area contributed by atoms with Gasteiger partial charge in [0.2, 0.25) is 0 Å². The zero-order valence-corrected chi connectivity index (χ0v) is 16.2. The van der Waals surface area contributed by atoms with E-state index >= 15 is 0 Å². The lowest BCUT2D eigenvalue weighted by Crippen LogP contribution is -2.22. The Morgan fingerprint density at radius 3 is 2.36 bits per heavy atom. The van der Waals surface area contributed by atoms with Gasteiger partial charge in [-0.3, -0.25) is 0 Å². The van der Waals surface area contributed by atoms with Crippen molar-refractivity contribution in [2.75, 3.05) is 0 Å². The number of rotatable bonds is 4. The monoisotopic (exact) mass is 362 g/mol. The van der Waals surface area contributed by atoms with Gasteiger partial charge in [0, 0.05) is 5.92 Å². The fourth-order valence-electron chi connectivity index (χ4n) is 5.10. The van der Waals surface area contributed by atoms with E-state index in [9.17, 15) is 0 Å². The fraction of sp³-hybridized carbons (Fsp3) is 0.214. The summed E-state index contributed by atoms with van der Waals surface area (Å²) in [7, 11) is 0. The van der Waals surface area contributed by atoms with E-state index in [1.807, 2.05) is 0 Å². The van der Waals surface area contributed by atoms with Gasteiger partial charge in [0.1, 0.15) is 0 Å². The minimum atomic E-state index is 0.515. The van der Waals surface area contributed by atoms with Gasteiger partial charge in [-0.1, -0.05) is 97.1 Å². The van der Waals surface area contributed by atoms with Crippen molar-refractivity contribution < 1.29 is 0 Å². The van der Waals surface area contributed by atoms with Crippen LogP contribution < -0.4 is 0 Å². The number of hydrogen-bond donors (Lipinski definition) is 0. The maximum Gasteiger partial charge on any atom is 0.0121 e. The summed E-state index contributed by atoms with van der Waals surface area (Å²) in [6.45, 7) is 0. The zero-order chi connectivity index (χ0) is 18.8. The molecule has 28 heavy (non-hydrogen) atoms. The first-order chi connectivity index (χ1) is 13.9. The van der Waals surface area contributed by atoms with Gasteiger partial charge in [-0.05, 0) is 64.6 Å². The van der Waals surface area contributed by atoms with E-state index in [0.717, 1.165) is 6.42 Å². The van der Waals surface area contributed by atoms with Crippen molar-refractivity contribution in [3.63, 3.8) is 0 Å². The van der Waals surface area contributed by atoms with E-state index < -0.39 is 0 Å². The van der Waals surface area contributed by atoms with Gasteiger partial charge in [0.15, 0.2) is 0 Å². The third-order valence-electron chi connectivity index (χ3n) is 6.47. The van der Waals surface area contributed by atoms with Crippen molar-refractivity contribution in [1.29, 1.82) is 0 Å². The number of aryl methyl sites for hydroxylation is 2. The van der Waals surface area contributed by atoms with Gasteiger partial charge in [-0.25, -0.2) is 0 Å². The number of hydrogen-bond acceptors (Lipinski definition) is 0. The molecule has 2 atom stereocenters. The Balaban J connectivity index is 1.47. The topological polar surface area (TPSA) is 0 Å². The van der Waals surface area contributed by atoms with Crippen LogP contribution in [0.25, 0.3) is 10.8 Å². The molecular weight excluding hydrogens is 336 g/mol. The van der Waals surface area contributed by atoms with Gasteiger partial charge in [0.25, 0.3) is 0 Å². The normalized spacial score (nSPS) is 18.7. The minimum Gasteiger partial charge on any atom is -0.0622 e. The van der Waals surface area contributed by atoms with Crippen LogP contribution in [0.4, 0.5) is 0 Å². The summed E-state index contributed by atoms with van der Waals surface area (Å²) < 4.78 is 0. The number of benzene rings is 4. The first-order valence-electron chi connectivity index (χ1n) is 10.5. The molecule has 0 bridgehead atoms. The maximum absolute atomic E-state index is 2.36. The third kappa shape index (κ3) is 3.24. The van der Waals surface area contributed by atoms with E-state index in [0.29, 0.717) is 11.8 Å². The summed E-state index contributed by atoms with van der Waals surface area (Å²) in [4.78, 5) is 0. The summed E-state index contributed by atoms with van der Waals surface area (Å²) >= 11 is 0. The molecule has 0 nitrogen and oxygen atoms in total. The van der Waals surface area contributed by atoms with E-state index in [1.165, 1.54) is 46.7 Å². The predicted octanol–water partition coefficient (Wildman–Crippen LogP) is 7.17. The Kier molecular flexibility index (Phi) is 4.71. The highest BCUT2D eigenvalue weighted by atomic mass is 14.3. The van der Waals surface area contributed by atoms with Crippen LogP contribution in [0.2, 0.25) is 0 Å². The van der Waals surface area contributed by atoms with Crippen LogP contribution in [-0.4, -0.2) is 0 Å². The highest BCUT2D eigenvalue weighted by Crippen LogP contribution is 2.43. The maximum atomic E-state index is 2.36. The summed E-state index contributed by atoms with van der Waals surface area (Å²) in [5.74, 6) is 1.21. The zero-order valence-electron chi connectivity index (χ0n) is 16.2. The highest BCUT2D eigenvalue weighted by molar-refractivity contribution is 5.85. The van der Waals surface area contributed by atoms with Crippen molar-refractivity contribution in [1.82, 2.24) is 0 Å². The quantitative estimate of drug-likeness (QED) is 0.361. The van der Waals surface area contributed by atoms with Crippen LogP contribution in [-0.2, 0) is 12.8 Å². The van der Waals surface area contributed by atoms with Crippen LogP contribution in [0, 0.1) is 5.92 Å². The Morgan fingerprint density at radius 1 is 0.679 bits per heavy atom. The lowest BCUT2D eigenvalue weighted by atomic mass is 9.70. The summed E-state index contributed by atoms with van der Waals surface area (Å²) in [6, 6.07) is 35.8. The lowest BCUT2D eigenvalue weighted by molar-refractivity contribution is 0.383. The predicted molar refractivity (Wildman–Crippen MR) is 119 cm³/mol. The molecule has 4 aromatic rings. The number of fused-ring (bicyclic) bond motifs is 2. The van der Waals surface area contributed by atoms with E-state index in [4.69, 9.17) is 0 Å². The minimum absolute atomic E-state index is 0.515. The van der Waals surface area contributed by atoms with E-state index in [1.54, 1.807) is 5.56 Å². The second-order valence-electron chi connectivity index (χ2n) is 8.06. The summed E-state index contributed by atoms with van der Waals surface area (Å²) in [5, 5.41) is 2.77. The molecule has 0 aliphatic heterocycles. The SMILES string of the molecule is c1ccc(C2c3ccccc3CCC2CCc2cccc3ccccc23)cc1. The van der Waals surface area contributed by atoms with Crippen LogP contribution >= 0.6 is 0 Å². The van der Waals surface area contributed by atoms with Crippen LogP contribution in [0.5, 0.6) is 0 Å². The first kappa shape index (κ1) is 17.3. The van der Waals surface area contributed by atoms with Crippen LogP contribution in [0.3, 0.4) is 0 Å². The molecule has 0 spiro atoms. The largest absolute Gasteiger partial charge is 0.0622 e. The molecule has 5 rings (SSSR count). The second-order valence-corrected chi connectivity index (χ2v) is 8.06. The Bertz CT molecular complexity index is 1070. The van der Waals surface area contributed by atoms with Gasteiger partial charge < -0.3 is 0 Å². The molecule has 0 saturated carbocycles. The molecule has 0 amide bonds. The second kappa shape index (κ2) is 7.64. The molecular formula is C28H26. The molecule has 0 saturated heterocycles. The standard InChI is InChI=1S/C28H26/c1-2-11-24(12-3-1)28-25(20-18-23-10-5-7-16-27(23)28)19-17-22-14-8-13-21-9-4-6-15-26(21)22/h1-16,25,28H,17-20H2. The van der Waals surface area contributed by atoms with Crippen molar-refractivity contribution in [2.24, 2.45) is 5.92 Å². The van der Waals surface area contributed by atoms with Gasteiger partial charge in [-0.15, -0.1) is 0 Å². The van der Waals surface area contributed by atoms with Crippen LogP contribution in [0.15, 0.2) is 97.1 Å². The molecule has 0 heteroatoms. The molecule has 0 N–H and O–H groups in total.